The highest BCUT2D eigenvalue weighted by atomic mass is 19.1. The molecule has 6 nitrogen and oxygen atoms in total. The number of amides is 1. The molecule has 7 heteroatoms. The number of hydrogen-bond donors (Lipinski definition) is 1. The van der Waals surface area contributed by atoms with E-state index in [1.54, 1.807) is 60.7 Å². The molecule has 0 aromatic heterocycles. The van der Waals surface area contributed by atoms with Gasteiger partial charge in [0.25, 0.3) is 5.91 Å². The maximum absolute atomic E-state index is 13.8. The highest BCUT2D eigenvalue weighted by Crippen LogP contribution is 2.30. The number of methoxy groups -OCH3 is 1. The zero-order chi connectivity index (χ0) is 24.5. The van der Waals surface area contributed by atoms with E-state index in [2.05, 4.69) is 5.32 Å². The molecule has 1 amide bonds. The minimum absolute atomic E-state index is 0.00540. The molecule has 1 N–H and O–H groups in total. The van der Waals surface area contributed by atoms with Gasteiger partial charge in [-0.3, -0.25) is 4.79 Å². The topological polar surface area (TPSA) is 80.6 Å². The molecule has 0 saturated carbocycles. The maximum Gasteiger partial charge on any atom is 0.266 e. The van der Waals surface area contributed by atoms with Gasteiger partial charge in [0.05, 0.1) is 13.2 Å². The average molecular weight is 461 g/mol. The third-order valence-corrected chi connectivity index (χ3v) is 4.67. The predicted molar refractivity (Wildman–Crippen MR) is 128 cm³/mol. The highest BCUT2D eigenvalue weighted by Gasteiger charge is 2.12. The third-order valence-electron chi connectivity index (χ3n) is 4.67. The molecule has 0 aliphatic rings. The number of carbonyl (C=O) groups is 1. The van der Waals surface area contributed by atoms with Crippen molar-refractivity contribution in [1.82, 2.24) is 0 Å². The zero-order valence-electron chi connectivity index (χ0n) is 19.2. The molecule has 34 heavy (non-hydrogen) atoms. The number of nitriles is 1. The fourth-order valence-electron chi connectivity index (χ4n) is 3.10. The second-order valence-electron chi connectivity index (χ2n) is 7.61. The number of hydrogen-bond acceptors (Lipinski definition) is 5. The maximum atomic E-state index is 13.8. The lowest BCUT2D eigenvalue weighted by atomic mass is 10.1. The van der Waals surface area contributed by atoms with Crippen LogP contribution in [0.2, 0.25) is 0 Å². The van der Waals surface area contributed by atoms with Crippen LogP contribution in [0, 0.1) is 17.1 Å². The number of benzene rings is 3. The van der Waals surface area contributed by atoms with Crippen LogP contribution < -0.4 is 19.5 Å². The van der Waals surface area contributed by atoms with Crippen molar-refractivity contribution >= 4 is 17.7 Å². The molecular formula is C27H25FN2O4. The van der Waals surface area contributed by atoms with Crippen LogP contribution in [0.15, 0.2) is 72.3 Å². The lowest BCUT2D eigenvalue weighted by molar-refractivity contribution is -0.112. The first-order valence-electron chi connectivity index (χ1n) is 10.6. The van der Waals surface area contributed by atoms with Gasteiger partial charge >= 0.3 is 0 Å². The van der Waals surface area contributed by atoms with Gasteiger partial charge in [-0.2, -0.15) is 5.26 Å². The molecular weight excluding hydrogens is 435 g/mol. The van der Waals surface area contributed by atoms with Gasteiger partial charge < -0.3 is 19.5 Å². The Morgan fingerprint density at radius 2 is 1.88 bits per heavy atom. The summed E-state index contributed by atoms with van der Waals surface area (Å²) in [4.78, 5) is 12.7. The molecule has 0 radical (unpaired) electrons. The molecule has 0 bridgehead atoms. The molecule has 3 aromatic carbocycles. The smallest absolute Gasteiger partial charge is 0.266 e. The van der Waals surface area contributed by atoms with Crippen molar-refractivity contribution < 1.29 is 23.4 Å². The summed E-state index contributed by atoms with van der Waals surface area (Å²) in [6, 6.07) is 20.2. The van der Waals surface area contributed by atoms with Crippen molar-refractivity contribution in [2.75, 3.05) is 12.4 Å². The van der Waals surface area contributed by atoms with Gasteiger partial charge in [0.15, 0.2) is 11.5 Å². The molecule has 0 aliphatic carbocycles. The van der Waals surface area contributed by atoms with E-state index in [0.717, 1.165) is 0 Å². The van der Waals surface area contributed by atoms with E-state index in [0.29, 0.717) is 34.1 Å². The summed E-state index contributed by atoms with van der Waals surface area (Å²) in [7, 11) is 1.48. The van der Waals surface area contributed by atoms with E-state index in [4.69, 9.17) is 14.2 Å². The van der Waals surface area contributed by atoms with Crippen LogP contribution in [0.1, 0.15) is 25.0 Å². The van der Waals surface area contributed by atoms with Crippen molar-refractivity contribution in [2.24, 2.45) is 0 Å². The normalized spacial score (nSPS) is 11.0. The fraction of sp³-hybridized carbons (Fsp3) is 0.185. The van der Waals surface area contributed by atoms with Crippen LogP contribution in [0.4, 0.5) is 10.1 Å². The van der Waals surface area contributed by atoms with Gasteiger partial charge in [-0.15, -0.1) is 0 Å². The molecule has 0 atom stereocenters. The van der Waals surface area contributed by atoms with Crippen LogP contribution in [0.5, 0.6) is 17.2 Å². The Morgan fingerprint density at radius 1 is 1.09 bits per heavy atom. The SMILES string of the molecule is COc1cc(/C=C(/C#N)C(=O)Nc2cccc(OC(C)C)c2)ccc1OCc1ccccc1F. The van der Waals surface area contributed by atoms with Crippen molar-refractivity contribution in [3.8, 4) is 23.3 Å². The first kappa shape index (κ1) is 24.3. The van der Waals surface area contributed by atoms with Gasteiger partial charge in [-0.05, 0) is 55.8 Å². The molecule has 3 rings (SSSR count). The predicted octanol–water partition coefficient (Wildman–Crippen LogP) is 5.75. The first-order chi connectivity index (χ1) is 16.4. The van der Waals surface area contributed by atoms with Gasteiger partial charge in [-0.1, -0.05) is 30.3 Å². The van der Waals surface area contributed by atoms with Crippen LogP contribution in [-0.4, -0.2) is 19.1 Å². The summed E-state index contributed by atoms with van der Waals surface area (Å²) < 4.78 is 30.5. The number of rotatable bonds is 9. The summed E-state index contributed by atoms with van der Waals surface area (Å²) in [5.41, 5.74) is 1.41. The number of nitrogens with zero attached hydrogens (tertiary/aromatic N) is 1. The van der Waals surface area contributed by atoms with Crippen molar-refractivity contribution in [3.05, 3.63) is 89.2 Å². The molecule has 174 valence electrons. The summed E-state index contributed by atoms with van der Waals surface area (Å²) in [5.74, 6) is 0.509. The van der Waals surface area contributed by atoms with Gasteiger partial charge in [0.1, 0.15) is 29.8 Å². The summed E-state index contributed by atoms with van der Waals surface area (Å²) in [5, 5.41) is 12.2. The Morgan fingerprint density at radius 3 is 2.59 bits per heavy atom. The van der Waals surface area contributed by atoms with E-state index in [-0.39, 0.29) is 24.1 Å². The standard InChI is InChI=1S/C27H25FN2O4/c1-18(2)34-23-9-6-8-22(15-23)30-27(31)21(16-29)13-19-11-12-25(26(14-19)32-3)33-17-20-7-4-5-10-24(20)28/h4-15,18H,17H2,1-3H3,(H,30,31)/b21-13-. The highest BCUT2D eigenvalue weighted by molar-refractivity contribution is 6.09. The van der Waals surface area contributed by atoms with E-state index < -0.39 is 5.91 Å². The average Bonchev–Trinajstić information content (AvgIpc) is 2.82. The summed E-state index contributed by atoms with van der Waals surface area (Å²) in [6.45, 7) is 3.85. The van der Waals surface area contributed by atoms with Gasteiger partial charge in [-0.25, -0.2) is 4.39 Å². The minimum Gasteiger partial charge on any atom is -0.493 e. The monoisotopic (exact) mass is 460 g/mol. The van der Waals surface area contributed by atoms with Gasteiger partial charge in [0, 0.05) is 17.3 Å². The lowest BCUT2D eigenvalue weighted by Gasteiger charge is -2.12. The number of anilines is 1. The Hall–Kier alpha value is -4.31. The van der Waals surface area contributed by atoms with Crippen molar-refractivity contribution in [2.45, 2.75) is 26.6 Å². The van der Waals surface area contributed by atoms with Crippen LogP contribution in [0.3, 0.4) is 0 Å². The minimum atomic E-state index is -0.553. The Bertz CT molecular complexity index is 1230. The Kier molecular flexibility index (Phi) is 8.25. The molecule has 0 fully saturated rings. The van der Waals surface area contributed by atoms with Crippen LogP contribution in [0.25, 0.3) is 6.08 Å². The quantitative estimate of drug-likeness (QED) is 0.325. The molecule has 3 aromatic rings. The van der Waals surface area contributed by atoms with Crippen molar-refractivity contribution in [1.29, 1.82) is 5.26 Å². The van der Waals surface area contributed by atoms with Crippen molar-refractivity contribution in [3.63, 3.8) is 0 Å². The van der Waals surface area contributed by atoms with Crippen LogP contribution in [-0.2, 0) is 11.4 Å². The molecule has 0 saturated heterocycles. The molecule has 0 unspecified atom stereocenters. The van der Waals surface area contributed by atoms with Crippen LogP contribution >= 0.6 is 0 Å². The Balaban J connectivity index is 1.74. The van der Waals surface area contributed by atoms with Gasteiger partial charge in [0.2, 0.25) is 0 Å². The lowest BCUT2D eigenvalue weighted by Crippen LogP contribution is -2.13. The van der Waals surface area contributed by atoms with E-state index in [9.17, 15) is 14.4 Å². The number of carbonyl (C=O) groups excluding carboxylic acids is 1. The van der Waals surface area contributed by atoms with E-state index >= 15 is 0 Å². The van der Waals surface area contributed by atoms with E-state index in [1.165, 1.54) is 19.3 Å². The summed E-state index contributed by atoms with van der Waals surface area (Å²) in [6.07, 6.45) is 1.45. The second-order valence-corrected chi connectivity index (χ2v) is 7.61. The first-order valence-corrected chi connectivity index (χ1v) is 10.6. The third kappa shape index (κ3) is 6.59. The van der Waals surface area contributed by atoms with E-state index in [1.807, 2.05) is 19.9 Å². The molecule has 0 spiro atoms. The fourth-order valence-corrected chi connectivity index (χ4v) is 3.10. The molecule has 0 aliphatic heterocycles. The molecule has 0 heterocycles. The zero-order valence-corrected chi connectivity index (χ0v) is 19.2. The second kappa shape index (κ2) is 11.5. The number of nitrogens with one attached hydrogen (secondary N) is 1. The number of ether oxygens (including phenoxy) is 3. The largest absolute Gasteiger partial charge is 0.493 e. The number of halogens is 1. The summed E-state index contributed by atoms with van der Waals surface area (Å²) >= 11 is 0. The Labute approximate surface area is 198 Å².